The Kier molecular flexibility index (Phi) is 4.32. The molecule has 1 heterocycles. The maximum absolute atomic E-state index is 12.3. The van der Waals surface area contributed by atoms with Gasteiger partial charge in [-0.2, -0.15) is 0 Å². The number of anilines is 2. The van der Waals surface area contributed by atoms with Crippen LogP contribution in [0, 0.1) is 13.8 Å². The lowest BCUT2D eigenvalue weighted by atomic mass is 10.1. The van der Waals surface area contributed by atoms with Gasteiger partial charge in [0.15, 0.2) is 0 Å². The highest BCUT2D eigenvalue weighted by atomic mass is 79.9. The highest BCUT2D eigenvalue weighted by Crippen LogP contribution is 2.33. The lowest BCUT2D eigenvalue weighted by Gasteiger charge is -2.13. The average Bonchev–Trinajstić information content (AvgIpc) is 2.69. The molecule has 0 aliphatic carbocycles. The van der Waals surface area contributed by atoms with Crippen LogP contribution >= 0.6 is 43.2 Å². The zero-order valence-corrected chi connectivity index (χ0v) is 14.4. The van der Waals surface area contributed by atoms with Crippen LogP contribution in [0.1, 0.15) is 21.5 Å². The molecular formula is C13H12Br2N2OS. The lowest BCUT2D eigenvalue weighted by Crippen LogP contribution is -2.14. The Morgan fingerprint density at radius 2 is 2.00 bits per heavy atom. The molecule has 0 saturated heterocycles. The molecule has 19 heavy (non-hydrogen) atoms. The van der Waals surface area contributed by atoms with E-state index in [0.29, 0.717) is 16.9 Å². The summed E-state index contributed by atoms with van der Waals surface area (Å²) in [6.07, 6.45) is 0. The fraction of sp³-hybridized carbons (Fsp3) is 0.154. The molecule has 6 heteroatoms. The van der Waals surface area contributed by atoms with E-state index >= 15 is 0 Å². The van der Waals surface area contributed by atoms with Crippen LogP contribution in [0.4, 0.5) is 11.4 Å². The van der Waals surface area contributed by atoms with Crippen LogP contribution in [0.15, 0.2) is 25.8 Å². The summed E-state index contributed by atoms with van der Waals surface area (Å²) in [5.41, 5.74) is 9.85. The number of carbonyl (C=O) groups excluding carboxylic acids is 1. The molecule has 100 valence electrons. The Morgan fingerprint density at radius 1 is 1.32 bits per heavy atom. The highest BCUT2D eigenvalue weighted by molar-refractivity contribution is 9.12. The van der Waals surface area contributed by atoms with E-state index in [0.717, 1.165) is 18.7 Å². The first-order valence-electron chi connectivity index (χ1n) is 5.52. The smallest absolute Gasteiger partial charge is 0.257 e. The summed E-state index contributed by atoms with van der Waals surface area (Å²) in [7, 11) is 0. The number of hydrogen-bond donors (Lipinski definition) is 2. The number of nitrogens with two attached hydrogens (primary N) is 1. The third-order valence-electron chi connectivity index (χ3n) is 2.91. The summed E-state index contributed by atoms with van der Waals surface area (Å²) < 4.78 is 1.69. The summed E-state index contributed by atoms with van der Waals surface area (Å²) in [4.78, 5) is 12.3. The Hall–Kier alpha value is -0.850. The van der Waals surface area contributed by atoms with Crippen LogP contribution < -0.4 is 11.1 Å². The number of halogens is 2. The van der Waals surface area contributed by atoms with Crippen molar-refractivity contribution in [2.75, 3.05) is 11.1 Å². The second kappa shape index (κ2) is 5.64. The molecule has 0 unspecified atom stereocenters. The molecule has 1 aromatic heterocycles. The van der Waals surface area contributed by atoms with Crippen molar-refractivity contribution < 1.29 is 4.79 Å². The fourth-order valence-electron chi connectivity index (χ4n) is 1.68. The normalized spacial score (nSPS) is 10.5. The number of aryl methyl sites for hydroxylation is 1. The third-order valence-corrected chi connectivity index (χ3v) is 5.25. The summed E-state index contributed by atoms with van der Waals surface area (Å²) in [6, 6.07) is 5.53. The van der Waals surface area contributed by atoms with E-state index in [2.05, 4.69) is 37.2 Å². The topological polar surface area (TPSA) is 55.1 Å². The molecule has 0 saturated carbocycles. The maximum atomic E-state index is 12.3. The van der Waals surface area contributed by atoms with Crippen molar-refractivity contribution in [1.82, 2.24) is 0 Å². The van der Waals surface area contributed by atoms with Crippen molar-refractivity contribution in [3.05, 3.63) is 42.5 Å². The predicted octanol–water partition coefficient (Wildman–Crippen LogP) is 4.72. The van der Waals surface area contributed by atoms with Gasteiger partial charge in [0.1, 0.15) is 0 Å². The van der Waals surface area contributed by atoms with Crippen molar-refractivity contribution in [3.8, 4) is 0 Å². The Balaban J connectivity index is 2.34. The van der Waals surface area contributed by atoms with Crippen LogP contribution in [0.5, 0.6) is 0 Å². The van der Waals surface area contributed by atoms with Crippen molar-refractivity contribution in [2.24, 2.45) is 0 Å². The molecule has 3 N–H and O–H groups in total. The Labute approximate surface area is 132 Å². The molecule has 0 atom stereocenters. The van der Waals surface area contributed by atoms with Gasteiger partial charge in [-0.05, 0) is 69.0 Å². The van der Waals surface area contributed by atoms with Gasteiger partial charge in [-0.15, -0.1) is 11.3 Å². The highest BCUT2D eigenvalue weighted by Gasteiger charge is 2.16. The Bertz CT molecular complexity index is 652. The number of benzene rings is 1. The number of thiophene rings is 1. The van der Waals surface area contributed by atoms with Gasteiger partial charge in [0.2, 0.25) is 0 Å². The quantitative estimate of drug-likeness (QED) is 0.712. The van der Waals surface area contributed by atoms with E-state index in [9.17, 15) is 4.79 Å². The first kappa shape index (κ1) is 14.6. The first-order valence-corrected chi connectivity index (χ1v) is 7.92. The van der Waals surface area contributed by atoms with Gasteiger partial charge < -0.3 is 11.1 Å². The fourth-order valence-corrected chi connectivity index (χ4v) is 4.47. The van der Waals surface area contributed by atoms with Crippen LogP contribution in [0.2, 0.25) is 0 Å². The maximum Gasteiger partial charge on any atom is 0.257 e. The molecule has 0 fully saturated rings. The minimum absolute atomic E-state index is 0.172. The molecule has 0 bridgehead atoms. The number of carbonyl (C=O) groups is 1. The number of nitrogen functional groups attached to an aromatic ring is 1. The molecule has 0 aliphatic rings. The van der Waals surface area contributed by atoms with E-state index < -0.39 is 0 Å². The van der Waals surface area contributed by atoms with E-state index in [1.807, 2.05) is 19.9 Å². The minimum Gasteiger partial charge on any atom is -0.397 e. The average molecular weight is 404 g/mol. The van der Waals surface area contributed by atoms with Crippen molar-refractivity contribution in [3.63, 3.8) is 0 Å². The van der Waals surface area contributed by atoms with Crippen molar-refractivity contribution in [1.29, 1.82) is 0 Å². The summed E-state index contributed by atoms with van der Waals surface area (Å²) in [5, 5.41) is 2.88. The predicted molar refractivity (Wildman–Crippen MR) is 88.0 cm³/mol. The van der Waals surface area contributed by atoms with Crippen LogP contribution in [0.3, 0.4) is 0 Å². The number of nitrogens with one attached hydrogen (secondary N) is 1. The standard InChI is InChI=1S/C13H12Br2N2OS/c1-6-3-4-9(16)11(7(6)2)17-13(18)8-5-10(14)19-12(8)15/h3-5H,16H2,1-2H3,(H,17,18). The molecule has 3 nitrogen and oxygen atoms in total. The summed E-state index contributed by atoms with van der Waals surface area (Å²) in [5.74, 6) is -0.172. The lowest BCUT2D eigenvalue weighted by molar-refractivity contribution is 0.102. The van der Waals surface area contributed by atoms with E-state index in [-0.39, 0.29) is 5.91 Å². The summed E-state index contributed by atoms with van der Waals surface area (Å²) in [6.45, 7) is 3.93. The molecule has 1 aromatic carbocycles. The van der Waals surface area contributed by atoms with E-state index in [1.54, 1.807) is 12.1 Å². The minimum atomic E-state index is -0.172. The molecule has 1 amide bonds. The number of hydrogen-bond acceptors (Lipinski definition) is 3. The second-order valence-electron chi connectivity index (χ2n) is 4.16. The zero-order chi connectivity index (χ0) is 14.2. The van der Waals surface area contributed by atoms with Gasteiger partial charge >= 0.3 is 0 Å². The molecule has 2 aromatic rings. The van der Waals surface area contributed by atoms with Gasteiger partial charge in [0.25, 0.3) is 5.91 Å². The van der Waals surface area contributed by atoms with Crippen molar-refractivity contribution in [2.45, 2.75) is 13.8 Å². The van der Waals surface area contributed by atoms with Gasteiger partial charge in [-0.3, -0.25) is 4.79 Å². The van der Waals surface area contributed by atoms with Crippen LogP contribution in [-0.2, 0) is 0 Å². The monoisotopic (exact) mass is 402 g/mol. The largest absolute Gasteiger partial charge is 0.397 e. The number of rotatable bonds is 2. The van der Waals surface area contributed by atoms with E-state index in [1.165, 1.54) is 11.3 Å². The van der Waals surface area contributed by atoms with Crippen LogP contribution in [-0.4, -0.2) is 5.91 Å². The van der Waals surface area contributed by atoms with Gasteiger partial charge in [0.05, 0.1) is 24.5 Å². The molecule has 0 aliphatic heterocycles. The SMILES string of the molecule is Cc1ccc(N)c(NC(=O)c2cc(Br)sc2Br)c1C. The third kappa shape index (κ3) is 3.01. The van der Waals surface area contributed by atoms with Gasteiger partial charge in [-0.1, -0.05) is 6.07 Å². The molecule has 0 spiro atoms. The summed E-state index contributed by atoms with van der Waals surface area (Å²) >= 11 is 8.20. The Morgan fingerprint density at radius 3 is 2.58 bits per heavy atom. The molecule has 2 rings (SSSR count). The molecule has 0 radical (unpaired) electrons. The second-order valence-corrected chi connectivity index (χ2v) is 7.91. The van der Waals surface area contributed by atoms with Crippen LogP contribution in [0.25, 0.3) is 0 Å². The zero-order valence-electron chi connectivity index (χ0n) is 10.4. The van der Waals surface area contributed by atoms with E-state index in [4.69, 9.17) is 5.73 Å². The van der Waals surface area contributed by atoms with Gasteiger partial charge in [0, 0.05) is 0 Å². The van der Waals surface area contributed by atoms with Gasteiger partial charge in [-0.25, -0.2) is 0 Å². The molecular weight excluding hydrogens is 392 g/mol. The first-order chi connectivity index (χ1) is 8.90. The van der Waals surface area contributed by atoms with Crippen molar-refractivity contribution >= 4 is 60.5 Å². The number of amides is 1.